The molecule has 0 saturated heterocycles. The van der Waals surface area contributed by atoms with Crippen LogP contribution in [0.4, 0.5) is 13.2 Å². The highest BCUT2D eigenvalue weighted by atomic mass is 35.5. The first-order valence-corrected chi connectivity index (χ1v) is 6.58. The molecule has 0 atom stereocenters. The molecule has 2 heterocycles. The van der Waals surface area contributed by atoms with Crippen LogP contribution in [0.5, 0.6) is 0 Å². The van der Waals surface area contributed by atoms with Gasteiger partial charge in [-0.2, -0.15) is 13.2 Å². The minimum absolute atomic E-state index is 0.387. The van der Waals surface area contributed by atoms with E-state index in [1.807, 2.05) is 0 Å². The summed E-state index contributed by atoms with van der Waals surface area (Å²) in [6.07, 6.45) is -1.94. The monoisotopic (exact) mass is 304 g/mol. The molecule has 0 aliphatic heterocycles. The molecule has 0 saturated carbocycles. The normalized spacial score (nSPS) is 11.6. The molecule has 100 valence electrons. The van der Waals surface area contributed by atoms with Gasteiger partial charge in [0.05, 0.1) is 10.6 Å². The molecule has 19 heavy (non-hydrogen) atoms. The van der Waals surface area contributed by atoms with E-state index in [1.165, 1.54) is 17.8 Å². The van der Waals surface area contributed by atoms with Gasteiger partial charge >= 0.3 is 6.18 Å². The lowest BCUT2D eigenvalue weighted by molar-refractivity contribution is -0.137. The van der Waals surface area contributed by atoms with E-state index in [0.29, 0.717) is 15.9 Å². The summed E-state index contributed by atoms with van der Waals surface area (Å²) in [5.41, 5.74) is 0.190. The summed E-state index contributed by atoms with van der Waals surface area (Å²) in [4.78, 5) is 7.63. The van der Waals surface area contributed by atoms with Crippen molar-refractivity contribution in [2.24, 2.45) is 0 Å². The van der Waals surface area contributed by atoms with Crippen molar-refractivity contribution >= 4 is 23.4 Å². The Morgan fingerprint density at radius 3 is 2.53 bits per heavy atom. The average molecular weight is 305 g/mol. The molecule has 7 heteroatoms. The molecule has 0 radical (unpaired) electrons. The predicted octanol–water partition coefficient (Wildman–Crippen LogP) is 4.44. The Bertz CT molecular complexity index is 558. The number of hydrogen-bond acceptors (Lipinski definition) is 3. The molecule has 0 aliphatic carbocycles. The molecule has 0 bridgehead atoms. The summed E-state index contributed by atoms with van der Waals surface area (Å²) < 4.78 is 37.0. The zero-order valence-electron chi connectivity index (χ0n) is 9.49. The van der Waals surface area contributed by atoms with E-state index >= 15 is 0 Å². The lowest BCUT2D eigenvalue weighted by atomic mass is 10.3. The van der Waals surface area contributed by atoms with Crippen molar-refractivity contribution in [2.45, 2.75) is 17.0 Å². The number of halogens is 4. The molecule has 0 aliphatic rings. The Balaban J connectivity index is 2.01. The summed E-state index contributed by atoms with van der Waals surface area (Å²) >= 11 is 7.07. The molecule has 0 unspecified atom stereocenters. The average Bonchev–Trinajstić information content (AvgIpc) is 2.36. The van der Waals surface area contributed by atoms with Crippen molar-refractivity contribution in [2.75, 3.05) is 0 Å². The van der Waals surface area contributed by atoms with Gasteiger partial charge in [0.15, 0.2) is 0 Å². The minimum atomic E-state index is -4.35. The maximum Gasteiger partial charge on any atom is 0.417 e. The van der Waals surface area contributed by atoms with Crippen molar-refractivity contribution in [1.29, 1.82) is 0 Å². The van der Waals surface area contributed by atoms with Gasteiger partial charge < -0.3 is 0 Å². The molecular formula is C12H8ClF3N2S. The zero-order chi connectivity index (χ0) is 13.9. The Morgan fingerprint density at radius 1 is 1.16 bits per heavy atom. The van der Waals surface area contributed by atoms with Crippen LogP contribution in [-0.2, 0) is 11.9 Å². The third-order valence-corrected chi connectivity index (χ3v) is 3.46. The van der Waals surface area contributed by atoms with Crippen LogP contribution in [0.1, 0.15) is 11.1 Å². The fraction of sp³-hybridized carbons (Fsp3) is 0.167. The van der Waals surface area contributed by atoms with E-state index in [2.05, 4.69) is 9.97 Å². The summed E-state index contributed by atoms with van der Waals surface area (Å²) in [6, 6.07) is 5.88. The number of rotatable bonds is 3. The number of pyridine rings is 2. The lowest BCUT2D eigenvalue weighted by Crippen LogP contribution is -2.05. The van der Waals surface area contributed by atoms with Gasteiger partial charge in [-0.05, 0) is 29.8 Å². The smallest absolute Gasteiger partial charge is 0.249 e. The van der Waals surface area contributed by atoms with Crippen LogP contribution in [0, 0.1) is 0 Å². The van der Waals surface area contributed by atoms with Gasteiger partial charge in [-0.3, -0.25) is 0 Å². The topological polar surface area (TPSA) is 25.8 Å². The van der Waals surface area contributed by atoms with Gasteiger partial charge in [-0.25, -0.2) is 9.97 Å². The first kappa shape index (κ1) is 14.1. The molecule has 2 aromatic heterocycles. The molecule has 2 aromatic rings. The van der Waals surface area contributed by atoms with Crippen LogP contribution in [-0.4, -0.2) is 9.97 Å². The zero-order valence-corrected chi connectivity index (χ0v) is 11.1. The van der Waals surface area contributed by atoms with E-state index in [0.717, 1.165) is 17.8 Å². The second-order valence-corrected chi connectivity index (χ2v) is 5.04. The van der Waals surface area contributed by atoms with Crippen LogP contribution >= 0.6 is 23.4 Å². The standard InChI is InChI=1S/C12H8ClF3N2S/c13-10-5-8(3-4-17-10)7-19-11-2-1-9(6-18-11)12(14,15)16/h1-6H,7H2. The van der Waals surface area contributed by atoms with Gasteiger partial charge in [0.1, 0.15) is 5.15 Å². The summed E-state index contributed by atoms with van der Waals surface area (Å²) in [6.45, 7) is 0. The Morgan fingerprint density at radius 2 is 1.95 bits per heavy atom. The van der Waals surface area contributed by atoms with E-state index in [-0.39, 0.29) is 0 Å². The van der Waals surface area contributed by atoms with Crippen molar-refractivity contribution in [3.05, 3.63) is 52.9 Å². The van der Waals surface area contributed by atoms with Gasteiger partial charge in [-0.1, -0.05) is 11.6 Å². The largest absolute Gasteiger partial charge is 0.417 e. The molecule has 2 nitrogen and oxygen atoms in total. The molecule has 0 spiro atoms. The first-order chi connectivity index (χ1) is 8.95. The number of alkyl halides is 3. The molecular weight excluding hydrogens is 297 g/mol. The minimum Gasteiger partial charge on any atom is -0.249 e. The number of thioether (sulfide) groups is 1. The summed E-state index contributed by atoms with van der Waals surface area (Å²) in [5.74, 6) is 0.570. The third kappa shape index (κ3) is 4.11. The Hall–Kier alpha value is -1.27. The maximum absolute atomic E-state index is 12.3. The van der Waals surface area contributed by atoms with Crippen LogP contribution in [0.25, 0.3) is 0 Å². The highest BCUT2D eigenvalue weighted by molar-refractivity contribution is 7.98. The number of hydrogen-bond donors (Lipinski definition) is 0. The molecule has 0 N–H and O–H groups in total. The number of nitrogens with zero attached hydrogens (tertiary/aromatic N) is 2. The van der Waals surface area contributed by atoms with E-state index in [4.69, 9.17) is 11.6 Å². The van der Waals surface area contributed by atoms with Crippen molar-refractivity contribution < 1.29 is 13.2 Å². The summed E-state index contributed by atoms with van der Waals surface area (Å²) in [7, 11) is 0. The van der Waals surface area contributed by atoms with Gasteiger partial charge in [0.2, 0.25) is 0 Å². The molecule has 2 rings (SSSR count). The van der Waals surface area contributed by atoms with E-state index in [1.54, 1.807) is 18.3 Å². The van der Waals surface area contributed by atoms with Gasteiger partial charge in [0, 0.05) is 18.1 Å². The van der Waals surface area contributed by atoms with Crippen molar-refractivity contribution in [3.8, 4) is 0 Å². The van der Waals surface area contributed by atoms with E-state index < -0.39 is 11.7 Å². The van der Waals surface area contributed by atoms with Crippen LogP contribution < -0.4 is 0 Å². The highest BCUT2D eigenvalue weighted by Crippen LogP contribution is 2.30. The maximum atomic E-state index is 12.3. The van der Waals surface area contributed by atoms with Crippen molar-refractivity contribution in [1.82, 2.24) is 9.97 Å². The second kappa shape index (κ2) is 5.79. The quantitative estimate of drug-likeness (QED) is 0.619. The van der Waals surface area contributed by atoms with Gasteiger partial charge in [-0.15, -0.1) is 11.8 Å². The first-order valence-electron chi connectivity index (χ1n) is 5.21. The van der Waals surface area contributed by atoms with Gasteiger partial charge in [0.25, 0.3) is 0 Å². The van der Waals surface area contributed by atoms with E-state index in [9.17, 15) is 13.2 Å². The van der Waals surface area contributed by atoms with Crippen molar-refractivity contribution in [3.63, 3.8) is 0 Å². The second-order valence-electron chi connectivity index (χ2n) is 3.66. The fourth-order valence-corrected chi connectivity index (χ4v) is 2.31. The predicted molar refractivity (Wildman–Crippen MR) is 68.0 cm³/mol. The molecule has 0 aromatic carbocycles. The van der Waals surface area contributed by atoms with Crippen LogP contribution in [0.2, 0.25) is 5.15 Å². The van der Waals surface area contributed by atoms with Crippen LogP contribution in [0.3, 0.4) is 0 Å². The fourth-order valence-electron chi connectivity index (χ4n) is 1.32. The van der Waals surface area contributed by atoms with Crippen LogP contribution in [0.15, 0.2) is 41.7 Å². The third-order valence-electron chi connectivity index (χ3n) is 2.24. The highest BCUT2D eigenvalue weighted by Gasteiger charge is 2.30. The summed E-state index contributed by atoms with van der Waals surface area (Å²) in [5, 5.41) is 0.916. The molecule has 0 amide bonds. The molecule has 0 fully saturated rings. The lowest BCUT2D eigenvalue weighted by Gasteiger charge is -2.06. The SMILES string of the molecule is FC(F)(F)c1ccc(SCc2ccnc(Cl)c2)nc1. The Kier molecular flexibility index (Phi) is 4.31. The number of aromatic nitrogens is 2. The Labute approximate surface area is 117 Å².